The summed E-state index contributed by atoms with van der Waals surface area (Å²) in [4.78, 5) is 40.5. The number of piperazine rings is 1. The molecule has 0 unspecified atom stereocenters. The summed E-state index contributed by atoms with van der Waals surface area (Å²) in [5.74, 6) is -2.22. The van der Waals surface area contributed by atoms with Crippen LogP contribution in [0, 0.1) is 5.82 Å². The summed E-state index contributed by atoms with van der Waals surface area (Å²) >= 11 is 0. The smallest absolute Gasteiger partial charge is 0.423 e. The van der Waals surface area contributed by atoms with Crippen LogP contribution in [0.3, 0.4) is 0 Å². The standard InChI is InChI=1S/C21H18F7N8O3Si/c1-40(34-12-8-32-33-17(38)15(12)21(26,27)28)10-39-18-16(22)13(2-3-29-18)36-5-4-35(9-14(36)37)19-30-6-11(7-31-19)20(23,24)25/h2-3,6-8H,4-5,9-10H2,1H3,(H2,33,34,38). The van der Waals surface area contributed by atoms with Crippen LogP contribution in [0.4, 0.5) is 48.1 Å². The second-order valence-electron chi connectivity index (χ2n) is 8.37. The summed E-state index contributed by atoms with van der Waals surface area (Å²) < 4.78 is 98.5. The molecule has 1 aliphatic heterocycles. The van der Waals surface area contributed by atoms with E-state index in [-0.39, 0.29) is 37.5 Å². The van der Waals surface area contributed by atoms with Crippen LogP contribution in [0.25, 0.3) is 0 Å². The van der Waals surface area contributed by atoms with Gasteiger partial charge < -0.3 is 19.5 Å². The lowest BCUT2D eigenvalue weighted by molar-refractivity contribution is -0.138. The number of H-pyrrole nitrogens is 1. The van der Waals surface area contributed by atoms with Gasteiger partial charge in [-0.3, -0.25) is 9.59 Å². The summed E-state index contributed by atoms with van der Waals surface area (Å²) in [6.45, 7) is 1.18. The molecule has 0 aromatic carbocycles. The van der Waals surface area contributed by atoms with Crippen LogP contribution in [0.1, 0.15) is 11.1 Å². The van der Waals surface area contributed by atoms with Crippen LogP contribution >= 0.6 is 0 Å². The maximum Gasteiger partial charge on any atom is 0.423 e. The van der Waals surface area contributed by atoms with Gasteiger partial charge in [-0.25, -0.2) is 20.1 Å². The Hall–Kier alpha value is -4.29. The number of aromatic amines is 1. The number of rotatable bonds is 7. The number of amides is 1. The number of aromatic nitrogens is 5. The second kappa shape index (κ2) is 11.1. The van der Waals surface area contributed by atoms with E-state index in [1.807, 2.05) is 0 Å². The van der Waals surface area contributed by atoms with Crippen LogP contribution in [-0.4, -0.2) is 65.9 Å². The Bertz CT molecular complexity index is 1440. The number of anilines is 3. The minimum atomic E-state index is -4.95. The van der Waals surface area contributed by atoms with E-state index in [4.69, 9.17) is 4.74 Å². The van der Waals surface area contributed by atoms with E-state index >= 15 is 4.39 Å². The Morgan fingerprint density at radius 2 is 1.75 bits per heavy atom. The van der Waals surface area contributed by atoms with Gasteiger partial charge in [-0.15, -0.1) is 0 Å². The number of halogens is 7. The van der Waals surface area contributed by atoms with Crippen molar-refractivity contribution < 1.29 is 40.3 Å². The summed E-state index contributed by atoms with van der Waals surface area (Å²) in [6, 6.07) is 1.22. The SMILES string of the molecule is C[Si](COc1nccc(N2CCN(c3ncc(C(F)(F)F)cn3)CC2=O)c1F)Nc1cn[nH]c(=O)c1C(F)(F)F. The van der Waals surface area contributed by atoms with Gasteiger partial charge in [0.15, 0.2) is 0 Å². The van der Waals surface area contributed by atoms with Crippen molar-refractivity contribution in [1.29, 1.82) is 0 Å². The van der Waals surface area contributed by atoms with E-state index < -0.39 is 61.3 Å². The van der Waals surface area contributed by atoms with Crippen molar-refractivity contribution in [2.24, 2.45) is 0 Å². The molecule has 0 atom stereocenters. The topological polar surface area (TPSA) is 129 Å². The fourth-order valence-electron chi connectivity index (χ4n) is 3.67. The molecule has 4 rings (SSSR count). The van der Waals surface area contributed by atoms with Gasteiger partial charge in [0.2, 0.25) is 26.6 Å². The van der Waals surface area contributed by atoms with Crippen molar-refractivity contribution in [2.75, 3.05) is 40.6 Å². The minimum Gasteiger partial charge on any atom is -0.477 e. The van der Waals surface area contributed by atoms with Gasteiger partial charge in [0.05, 0.1) is 23.1 Å². The quantitative estimate of drug-likeness (QED) is 0.315. The van der Waals surface area contributed by atoms with Gasteiger partial charge in [-0.2, -0.15) is 35.8 Å². The zero-order chi connectivity index (χ0) is 29.2. The maximum absolute atomic E-state index is 15.2. The van der Waals surface area contributed by atoms with E-state index in [0.717, 1.165) is 11.1 Å². The van der Waals surface area contributed by atoms with Gasteiger partial charge >= 0.3 is 12.4 Å². The highest BCUT2D eigenvalue weighted by atomic mass is 28.3. The molecule has 3 aromatic heterocycles. The van der Waals surface area contributed by atoms with E-state index in [9.17, 15) is 35.9 Å². The fraction of sp³-hybridized carbons (Fsp3) is 0.333. The molecule has 2 N–H and O–H groups in total. The molecule has 1 aliphatic rings. The number of nitrogens with zero attached hydrogens (tertiary/aromatic N) is 6. The highest BCUT2D eigenvalue weighted by Gasteiger charge is 2.38. The molecule has 11 nitrogen and oxygen atoms in total. The normalized spacial score (nSPS) is 14.6. The van der Waals surface area contributed by atoms with Gasteiger partial charge in [-0.05, 0) is 12.6 Å². The molecule has 0 spiro atoms. The molecule has 0 saturated carbocycles. The predicted molar refractivity (Wildman–Crippen MR) is 126 cm³/mol. The number of ether oxygens (including phenoxy) is 1. The number of carbonyl (C=O) groups is 1. The van der Waals surface area contributed by atoms with Crippen molar-refractivity contribution in [2.45, 2.75) is 18.9 Å². The largest absolute Gasteiger partial charge is 0.477 e. The molecule has 0 bridgehead atoms. The molecule has 1 amide bonds. The molecule has 1 saturated heterocycles. The van der Waals surface area contributed by atoms with E-state index in [0.29, 0.717) is 12.4 Å². The number of carbonyl (C=O) groups excluding carboxylic acids is 1. The molecule has 1 radical (unpaired) electrons. The van der Waals surface area contributed by atoms with Gasteiger partial charge in [-0.1, -0.05) is 0 Å². The summed E-state index contributed by atoms with van der Waals surface area (Å²) in [7, 11) is -1.99. The number of nitrogens with one attached hydrogen (secondary N) is 2. The second-order valence-corrected chi connectivity index (χ2v) is 10.5. The molecular formula is C21H18F7N8O3Si. The number of pyridine rings is 1. The molecule has 4 heterocycles. The number of hydrogen-bond acceptors (Lipinski definition) is 9. The molecule has 1 fully saturated rings. The summed E-state index contributed by atoms with van der Waals surface area (Å²) in [5, 5.41) is 5.08. The monoisotopic (exact) mass is 591 g/mol. The van der Waals surface area contributed by atoms with Crippen molar-refractivity contribution in [3.63, 3.8) is 0 Å². The third kappa shape index (κ3) is 6.29. The van der Waals surface area contributed by atoms with E-state index in [1.54, 1.807) is 5.10 Å². The molecule has 0 aliphatic carbocycles. The first-order valence-corrected chi connectivity index (χ1v) is 13.4. The molecule has 3 aromatic rings. The zero-order valence-electron chi connectivity index (χ0n) is 20.3. The van der Waals surface area contributed by atoms with E-state index in [1.165, 1.54) is 23.7 Å². The maximum atomic E-state index is 15.2. The van der Waals surface area contributed by atoms with Crippen molar-refractivity contribution >= 4 is 32.2 Å². The molecule has 19 heteroatoms. The van der Waals surface area contributed by atoms with Crippen LogP contribution in [0.5, 0.6) is 5.88 Å². The average Bonchev–Trinajstić information content (AvgIpc) is 2.87. The molecule has 40 heavy (non-hydrogen) atoms. The lowest BCUT2D eigenvalue weighted by Crippen LogP contribution is -2.51. The number of alkyl halides is 6. The Labute approximate surface area is 221 Å². The number of hydrogen-bond donors (Lipinski definition) is 2. The van der Waals surface area contributed by atoms with Gasteiger partial charge in [0.25, 0.3) is 11.4 Å². The fourth-order valence-corrected chi connectivity index (χ4v) is 4.75. The zero-order valence-corrected chi connectivity index (χ0v) is 21.3. The Kier molecular flexibility index (Phi) is 7.94. The van der Waals surface area contributed by atoms with E-state index in [2.05, 4.69) is 25.0 Å². The molecular weight excluding hydrogens is 573 g/mol. The van der Waals surface area contributed by atoms with Crippen LogP contribution in [0.15, 0.2) is 35.6 Å². The lowest BCUT2D eigenvalue weighted by Gasteiger charge is -2.34. The first-order valence-electron chi connectivity index (χ1n) is 11.2. The van der Waals surface area contributed by atoms with Crippen molar-refractivity contribution in [3.05, 3.63) is 58.2 Å². The molecule has 213 valence electrons. The highest BCUT2D eigenvalue weighted by Crippen LogP contribution is 2.32. The first-order chi connectivity index (χ1) is 18.8. The third-order valence-corrected chi connectivity index (χ3v) is 6.78. The van der Waals surface area contributed by atoms with Crippen molar-refractivity contribution in [1.82, 2.24) is 25.1 Å². The van der Waals surface area contributed by atoms with Gasteiger partial charge in [0.1, 0.15) is 18.3 Å². The van der Waals surface area contributed by atoms with Crippen molar-refractivity contribution in [3.8, 4) is 5.88 Å². The Balaban J connectivity index is 1.41. The highest BCUT2D eigenvalue weighted by molar-refractivity contribution is 6.61. The average molecular weight is 592 g/mol. The van der Waals surface area contributed by atoms with Crippen LogP contribution in [0.2, 0.25) is 6.55 Å². The lowest BCUT2D eigenvalue weighted by atomic mass is 10.2. The third-order valence-electron chi connectivity index (χ3n) is 5.51. The van der Waals surface area contributed by atoms with Gasteiger partial charge in [0, 0.05) is 31.7 Å². The first kappa shape index (κ1) is 28.7. The minimum absolute atomic E-state index is 0.0657. The van der Waals surface area contributed by atoms with Crippen LogP contribution < -0.4 is 25.1 Å². The summed E-state index contributed by atoms with van der Waals surface area (Å²) in [5.41, 5.74) is -4.67. The summed E-state index contributed by atoms with van der Waals surface area (Å²) in [6.07, 6.45) is -6.68. The van der Waals surface area contributed by atoms with Crippen LogP contribution in [-0.2, 0) is 17.1 Å². The Morgan fingerprint density at radius 1 is 1.05 bits per heavy atom. The Morgan fingerprint density at radius 3 is 2.38 bits per heavy atom. The predicted octanol–water partition coefficient (Wildman–Crippen LogP) is 2.64.